The topological polar surface area (TPSA) is 47.8 Å². The highest BCUT2D eigenvalue weighted by atomic mass is 32.2. The Bertz CT molecular complexity index is 852. The Kier molecular flexibility index (Phi) is 4.19. The van der Waals surface area contributed by atoms with Crippen LogP contribution in [0.15, 0.2) is 29.4 Å². The van der Waals surface area contributed by atoms with Crippen molar-refractivity contribution in [2.24, 2.45) is 23.2 Å². The van der Waals surface area contributed by atoms with Crippen LogP contribution in [0.1, 0.15) is 49.9 Å². The number of aryl methyl sites for hydroxylation is 2. The molecule has 1 aromatic heterocycles. The second kappa shape index (κ2) is 6.47. The summed E-state index contributed by atoms with van der Waals surface area (Å²) in [6, 6.07) is 8.36. The van der Waals surface area contributed by atoms with E-state index in [0.717, 1.165) is 53.7 Å². The second-order valence-corrected chi connectivity index (χ2v) is 10.1. The number of benzene rings is 1. The van der Waals surface area contributed by atoms with Crippen LogP contribution in [-0.2, 0) is 4.79 Å². The molecule has 4 saturated carbocycles. The van der Waals surface area contributed by atoms with Gasteiger partial charge in [-0.3, -0.25) is 9.36 Å². The molecule has 0 amide bonds. The van der Waals surface area contributed by atoms with Crippen LogP contribution in [0.4, 0.5) is 0 Å². The maximum Gasteiger partial charge on any atom is 0.196 e. The highest BCUT2D eigenvalue weighted by Crippen LogP contribution is 2.60. The van der Waals surface area contributed by atoms with Crippen molar-refractivity contribution in [2.75, 3.05) is 5.75 Å². The smallest absolute Gasteiger partial charge is 0.196 e. The molecule has 5 heteroatoms. The maximum absolute atomic E-state index is 13.3. The Hall–Kier alpha value is -1.62. The largest absolute Gasteiger partial charge is 0.298 e. The predicted molar refractivity (Wildman–Crippen MR) is 107 cm³/mol. The second-order valence-electron chi connectivity index (χ2n) is 9.11. The van der Waals surface area contributed by atoms with E-state index in [4.69, 9.17) is 0 Å². The predicted octanol–water partition coefficient (Wildman–Crippen LogP) is 4.76. The number of hydrogen-bond donors (Lipinski definition) is 0. The summed E-state index contributed by atoms with van der Waals surface area (Å²) >= 11 is 1.57. The first kappa shape index (κ1) is 17.5. The van der Waals surface area contributed by atoms with Gasteiger partial charge >= 0.3 is 0 Å². The molecule has 142 valence electrons. The highest BCUT2D eigenvalue weighted by molar-refractivity contribution is 7.99. The van der Waals surface area contributed by atoms with Gasteiger partial charge in [-0.15, -0.1) is 10.2 Å². The molecule has 4 nitrogen and oxygen atoms in total. The average molecular weight is 382 g/mol. The van der Waals surface area contributed by atoms with Crippen molar-refractivity contribution < 1.29 is 4.79 Å². The Morgan fingerprint density at radius 2 is 1.78 bits per heavy atom. The van der Waals surface area contributed by atoms with Gasteiger partial charge in [-0.25, -0.2) is 0 Å². The zero-order valence-electron chi connectivity index (χ0n) is 16.1. The highest BCUT2D eigenvalue weighted by Gasteiger charge is 2.54. The average Bonchev–Trinajstić information content (AvgIpc) is 2.99. The van der Waals surface area contributed by atoms with Crippen LogP contribution in [0.3, 0.4) is 0 Å². The molecule has 0 saturated heterocycles. The zero-order valence-corrected chi connectivity index (χ0v) is 17.0. The molecule has 4 aliphatic rings. The standard InChI is InChI=1S/C22H27N3OS/c1-14-4-3-5-19(6-14)25-15(2)23-24-21(25)27-13-20(26)22-10-16-7-17(11-22)9-18(8-16)12-22/h3-6,16-18H,7-13H2,1-2H3. The van der Waals surface area contributed by atoms with Crippen molar-refractivity contribution >= 4 is 17.5 Å². The number of hydrogen-bond acceptors (Lipinski definition) is 4. The lowest BCUT2D eigenvalue weighted by Gasteiger charge is -2.56. The van der Waals surface area contributed by atoms with Crippen LogP contribution in [0.2, 0.25) is 0 Å². The SMILES string of the molecule is Cc1cccc(-n2c(C)nnc2SCC(=O)C23CC4CC(CC(C4)C2)C3)c1. The molecular weight excluding hydrogens is 354 g/mol. The van der Waals surface area contributed by atoms with Gasteiger partial charge in [-0.05, 0) is 87.8 Å². The summed E-state index contributed by atoms with van der Waals surface area (Å²) in [5.41, 5.74) is 2.26. The molecule has 6 rings (SSSR count). The van der Waals surface area contributed by atoms with Crippen LogP contribution >= 0.6 is 11.8 Å². The van der Waals surface area contributed by atoms with Crippen molar-refractivity contribution in [2.45, 2.75) is 57.5 Å². The molecule has 27 heavy (non-hydrogen) atoms. The molecule has 2 aromatic rings. The van der Waals surface area contributed by atoms with E-state index in [2.05, 4.69) is 46.0 Å². The van der Waals surface area contributed by atoms with E-state index in [-0.39, 0.29) is 5.41 Å². The number of rotatable bonds is 5. The normalized spacial score (nSPS) is 31.4. The van der Waals surface area contributed by atoms with Crippen molar-refractivity contribution in [3.05, 3.63) is 35.7 Å². The monoisotopic (exact) mass is 381 g/mol. The van der Waals surface area contributed by atoms with Crippen molar-refractivity contribution in [3.63, 3.8) is 0 Å². The van der Waals surface area contributed by atoms with E-state index in [9.17, 15) is 4.79 Å². The Labute approximate surface area is 165 Å². The van der Waals surface area contributed by atoms with Gasteiger partial charge in [0.15, 0.2) is 5.16 Å². The third-order valence-corrected chi connectivity index (χ3v) is 7.95. The molecule has 0 aliphatic heterocycles. The van der Waals surface area contributed by atoms with Crippen molar-refractivity contribution in [1.29, 1.82) is 0 Å². The van der Waals surface area contributed by atoms with Gasteiger partial charge in [-0.2, -0.15) is 0 Å². The van der Waals surface area contributed by atoms with Crippen molar-refractivity contribution in [3.8, 4) is 5.69 Å². The molecule has 0 atom stereocenters. The zero-order chi connectivity index (χ0) is 18.6. The van der Waals surface area contributed by atoms with Gasteiger partial charge in [0.25, 0.3) is 0 Å². The Balaban J connectivity index is 1.35. The van der Waals surface area contributed by atoms with E-state index in [1.165, 1.54) is 24.8 Å². The van der Waals surface area contributed by atoms with E-state index in [1.807, 2.05) is 6.92 Å². The summed E-state index contributed by atoms with van der Waals surface area (Å²) in [6.07, 6.45) is 7.55. The molecule has 1 aromatic carbocycles. The summed E-state index contributed by atoms with van der Waals surface area (Å²) in [6.45, 7) is 4.06. The molecule has 0 radical (unpaired) electrons. The number of carbonyl (C=O) groups is 1. The summed E-state index contributed by atoms with van der Waals surface area (Å²) in [5, 5.41) is 9.47. The van der Waals surface area contributed by atoms with Gasteiger partial charge in [-0.1, -0.05) is 23.9 Å². The van der Waals surface area contributed by atoms with Gasteiger partial charge < -0.3 is 0 Å². The quantitative estimate of drug-likeness (QED) is 0.701. The molecule has 0 N–H and O–H groups in total. The van der Waals surface area contributed by atoms with Gasteiger partial charge in [0.2, 0.25) is 0 Å². The van der Waals surface area contributed by atoms with Crippen molar-refractivity contribution in [1.82, 2.24) is 14.8 Å². The lowest BCUT2D eigenvalue weighted by Crippen LogP contribution is -2.50. The third kappa shape index (κ3) is 3.04. The van der Waals surface area contributed by atoms with Crippen LogP contribution in [0.25, 0.3) is 5.69 Å². The van der Waals surface area contributed by atoms with Crippen LogP contribution in [-0.4, -0.2) is 26.3 Å². The Morgan fingerprint density at radius 3 is 2.41 bits per heavy atom. The summed E-state index contributed by atoms with van der Waals surface area (Å²) in [4.78, 5) is 13.3. The summed E-state index contributed by atoms with van der Waals surface area (Å²) in [7, 11) is 0. The summed E-state index contributed by atoms with van der Waals surface area (Å²) < 4.78 is 2.07. The summed E-state index contributed by atoms with van der Waals surface area (Å²) in [5.74, 6) is 4.28. The number of ketones is 1. The molecule has 1 heterocycles. The maximum atomic E-state index is 13.3. The molecule has 4 fully saturated rings. The fourth-order valence-electron chi connectivity index (χ4n) is 6.24. The van der Waals surface area contributed by atoms with Crippen LogP contribution in [0.5, 0.6) is 0 Å². The first-order valence-electron chi connectivity index (χ1n) is 10.2. The number of carbonyl (C=O) groups excluding carboxylic acids is 1. The minimum atomic E-state index is -0.0228. The Morgan fingerprint density at radius 1 is 1.11 bits per heavy atom. The van der Waals surface area contributed by atoms with Gasteiger partial charge in [0.1, 0.15) is 11.6 Å². The van der Waals surface area contributed by atoms with Gasteiger partial charge in [0.05, 0.1) is 5.75 Å². The number of aromatic nitrogens is 3. The number of thioether (sulfide) groups is 1. The number of nitrogens with zero attached hydrogens (tertiary/aromatic N) is 3. The first-order valence-corrected chi connectivity index (χ1v) is 11.2. The van der Waals surface area contributed by atoms with E-state index in [1.54, 1.807) is 11.8 Å². The molecule has 4 aliphatic carbocycles. The molecule has 0 unspecified atom stereocenters. The van der Waals surface area contributed by atoms with Gasteiger partial charge in [0, 0.05) is 11.1 Å². The molecule has 0 spiro atoms. The minimum absolute atomic E-state index is 0.0228. The molecular formula is C22H27N3OS. The number of Topliss-reactive ketones (excluding diaryl/α,β-unsaturated/α-hetero) is 1. The third-order valence-electron chi connectivity index (χ3n) is 7.02. The van der Waals surface area contributed by atoms with Crippen LogP contribution < -0.4 is 0 Å². The van der Waals surface area contributed by atoms with E-state index in [0.29, 0.717) is 11.5 Å². The van der Waals surface area contributed by atoms with Crippen LogP contribution in [0, 0.1) is 37.0 Å². The first-order chi connectivity index (χ1) is 13.0. The lowest BCUT2D eigenvalue weighted by molar-refractivity contribution is -0.141. The van der Waals surface area contributed by atoms with E-state index >= 15 is 0 Å². The molecule has 4 bridgehead atoms. The fourth-order valence-corrected chi connectivity index (χ4v) is 7.27. The minimum Gasteiger partial charge on any atom is -0.298 e. The van der Waals surface area contributed by atoms with E-state index < -0.39 is 0 Å². The fraction of sp³-hybridized carbons (Fsp3) is 0.591. The lowest BCUT2D eigenvalue weighted by atomic mass is 9.48.